The number of nitrogens with two attached hydrogens (primary N) is 1. The van der Waals surface area contributed by atoms with Crippen molar-refractivity contribution >= 4 is 12.4 Å². The van der Waals surface area contributed by atoms with Crippen molar-refractivity contribution in [1.82, 2.24) is 4.90 Å². The highest BCUT2D eigenvalue weighted by Gasteiger charge is 2.41. The number of ether oxygens (including phenoxy) is 1. The number of likely N-dealkylation sites (tertiary alicyclic amines) is 1. The van der Waals surface area contributed by atoms with E-state index in [0.29, 0.717) is 12.1 Å². The van der Waals surface area contributed by atoms with Crippen LogP contribution in [-0.2, 0) is 4.74 Å². The third kappa shape index (κ3) is 3.26. The van der Waals surface area contributed by atoms with Crippen LogP contribution in [-0.4, -0.2) is 43.8 Å². The van der Waals surface area contributed by atoms with Crippen LogP contribution in [0, 0.1) is 17.8 Å². The first-order chi connectivity index (χ1) is 8.80. The van der Waals surface area contributed by atoms with Gasteiger partial charge < -0.3 is 10.5 Å². The van der Waals surface area contributed by atoms with E-state index < -0.39 is 0 Å². The molecule has 2 bridgehead atoms. The minimum absolute atomic E-state index is 0. The maximum Gasteiger partial charge on any atom is 0.0599 e. The highest BCUT2D eigenvalue weighted by molar-refractivity contribution is 5.85. The number of rotatable bonds is 4. The quantitative estimate of drug-likeness (QED) is 0.863. The molecule has 3 nitrogen and oxygen atoms in total. The highest BCUT2D eigenvalue weighted by atomic mass is 35.5. The fourth-order valence-corrected chi connectivity index (χ4v) is 4.66. The molecule has 5 unspecified atom stereocenters. The standard InChI is InChI=1S/C15H28N2O.ClH/c1-18-15-4-5-17(14(8-15)9-16)10-13-7-11-2-3-12(13)6-11;/h11-15H,2-10,16H2,1H3;1H. The molecule has 0 aromatic rings. The van der Waals surface area contributed by atoms with E-state index in [1.807, 2.05) is 7.11 Å². The van der Waals surface area contributed by atoms with Gasteiger partial charge in [0, 0.05) is 32.8 Å². The fraction of sp³-hybridized carbons (Fsp3) is 1.00. The van der Waals surface area contributed by atoms with Crippen LogP contribution in [0.2, 0.25) is 0 Å². The van der Waals surface area contributed by atoms with Crippen LogP contribution >= 0.6 is 12.4 Å². The summed E-state index contributed by atoms with van der Waals surface area (Å²) in [5.41, 5.74) is 5.96. The van der Waals surface area contributed by atoms with Crippen molar-refractivity contribution in [2.45, 2.75) is 50.7 Å². The zero-order valence-electron chi connectivity index (χ0n) is 12.1. The molecule has 3 aliphatic rings. The number of methoxy groups -OCH3 is 1. The Bertz CT molecular complexity index is 289. The smallest absolute Gasteiger partial charge is 0.0599 e. The number of nitrogens with zero attached hydrogens (tertiary/aromatic N) is 1. The zero-order chi connectivity index (χ0) is 12.5. The SMILES string of the molecule is COC1CCN(CC2CC3CCC2C3)C(CN)C1.Cl. The molecule has 1 heterocycles. The van der Waals surface area contributed by atoms with E-state index in [9.17, 15) is 0 Å². The Morgan fingerprint density at radius 1 is 1.16 bits per heavy atom. The summed E-state index contributed by atoms with van der Waals surface area (Å²) >= 11 is 0. The molecule has 3 fully saturated rings. The second kappa shape index (κ2) is 6.75. The molecule has 2 aliphatic carbocycles. The summed E-state index contributed by atoms with van der Waals surface area (Å²) in [6.07, 6.45) is 8.78. The number of hydrogen-bond acceptors (Lipinski definition) is 3. The van der Waals surface area contributed by atoms with E-state index in [4.69, 9.17) is 10.5 Å². The van der Waals surface area contributed by atoms with Crippen LogP contribution < -0.4 is 5.73 Å². The van der Waals surface area contributed by atoms with Gasteiger partial charge in [0.2, 0.25) is 0 Å². The lowest BCUT2D eigenvalue weighted by atomic mass is 9.87. The lowest BCUT2D eigenvalue weighted by molar-refractivity contribution is 0.00446. The van der Waals surface area contributed by atoms with Gasteiger partial charge in [-0.2, -0.15) is 0 Å². The van der Waals surface area contributed by atoms with E-state index >= 15 is 0 Å². The van der Waals surface area contributed by atoms with Crippen LogP contribution in [0.4, 0.5) is 0 Å². The second-order valence-corrected chi connectivity index (χ2v) is 6.70. The molecule has 4 heteroatoms. The zero-order valence-corrected chi connectivity index (χ0v) is 12.9. The first-order valence-corrected chi connectivity index (χ1v) is 7.77. The van der Waals surface area contributed by atoms with Crippen molar-refractivity contribution in [3.8, 4) is 0 Å². The molecule has 0 aromatic carbocycles. The first-order valence-electron chi connectivity index (χ1n) is 7.77. The van der Waals surface area contributed by atoms with Gasteiger partial charge in [-0.1, -0.05) is 6.42 Å². The van der Waals surface area contributed by atoms with Crippen LogP contribution in [0.3, 0.4) is 0 Å². The number of piperidine rings is 1. The summed E-state index contributed by atoms with van der Waals surface area (Å²) in [4.78, 5) is 2.67. The van der Waals surface area contributed by atoms with E-state index in [-0.39, 0.29) is 12.4 Å². The Morgan fingerprint density at radius 3 is 2.58 bits per heavy atom. The highest BCUT2D eigenvalue weighted by Crippen LogP contribution is 2.48. The maximum atomic E-state index is 5.96. The van der Waals surface area contributed by atoms with Crippen molar-refractivity contribution in [3.63, 3.8) is 0 Å². The van der Waals surface area contributed by atoms with Crippen LogP contribution in [0.25, 0.3) is 0 Å². The summed E-state index contributed by atoms with van der Waals surface area (Å²) < 4.78 is 5.51. The lowest BCUT2D eigenvalue weighted by Crippen LogP contribution is -2.50. The van der Waals surface area contributed by atoms with E-state index in [0.717, 1.165) is 30.7 Å². The van der Waals surface area contributed by atoms with Gasteiger partial charge in [-0.05, 0) is 49.9 Å². The Kier molecular flexibility index (Phi) is 5.53. The Labute approximate surface area is 123 Å². The van der Waals surface area contributed by atoms with Crippen molar-refractivity contribution in [2.24, 2.45) is 23.5 Å². The normalized spacial score (nSPS) is 42.3. The summed E-state index contributed by atoms with van der Waals surface area (Å²) in [6, 6.07) is 0.558. The molecule has 2 N–H and O–H groups in total. The minimum Gasteiger partial charge on any atom is -0.381 e. The van der Waals surface area contributed by atoms with E-state index in [1.54, 1.807) is 0 Å². The van der Waals surface area contributed by atoms with Gasteiger partial charge in [0.05, 0.1) is 6.10 Å². The van der Waals surface area contributed by atoms with Gasteiger partial charge in [-0.15, -0.1) is 12.4 Å². The van der Waals surface area contributed by atoms with Crippen molar-refractivity contribution in [1.29, 1.82) is 0 Å². The molecule has 19 heavy (non-hydrogen) atoms. The summed E-state index contributed by atoms with van der Waals surface area (Å²) in [5.74, 6) is 3.07. The van der Waals surface area contributed by atoms with E-state index in [1.165, 1.54) is 45.2 Å². The molecular weight excluding hydrogens is 260 g/mol. The second-order valence-electron chi connectivity index (χ2n) is 6.70. The van der Waals surface area contributed by atoms with Gasteiger partial charge in [-0.25, -0.2) is 0 Å². The molecule has 112 valence electrons. The first kappa shape index (κ1) is 15.6. The van der Waals surface area contributed by atoms with Gasteiger partial charge in [0.25, 0.3) is 0 Å². The third-order valence-corrected chi connectivity index (χ3v) is 5.75. The molecule has 0 spiro atoms. The largest absolute Gasteiger partial charge is 0.381 e. The van der Waals surface area contributed by atoms with Crippen molar-refractivity contribution in [2.75, 3.05) is 26.7 Å². The Hall–Kier alpha value is 0.170. The minimum atomic E-state index is 0. The molecule has 0 aromatic heterocycles. The number of hydrogen-bond donors (Lipinski definition) is 1. The van der Waals surface area contributed by atoms with Crippen molar-refractivity contribution < 1.29 is 4.74 Å². The molecular formula is C15H29ClN2O. The molecule has 2 saturated carbocycles. The Balaban J connectivity index is 0.00000133. The Morgan fingerprint density at radius 2 is 2.00 bits per heavy atom. The lowest BCUT2D eigenvalue weighted by Gasteiger charge is -2.41. The molecule has 0 amide bonds. The monoisotopic (exact) mass is 288 g/mol. The molecule has 1 saturated heterocycles. The number of halogens is 1. The summed E-state index contributed by atoms with van der Waals surface area (Å²) in [5, 5.41) is 0. The molecule has 3 rings (SSSR count). The van der Waals surface area contributed by atoms with Gasteiger partial charge in [0.1, 0.15) is 0 Å². The van der Waals surface area contributed by atoms with Gasteiger partial charge in [-0.3, -0.25) is 4.90 Å². The molecule has 5 atom stereocenters. The molecule has 1 aliphatic heterocycles. The summed E-state index contributed by atoms with van der Waals surface area (Å²) in [7, 11) is 1.84. The van der Waals surface area contributed by atoms with Gasteiger partial charge in [0.15, 0.2) is 0 Å². The predicted molar refractivity (Wildman–Crippen MR) is 80.6 cm³/mol. The number of fused-ring (bicyclic) bond motifs is 2. The fourth-order valence-electron chi connectivity index (χ4n) is 4.66. The maximum absolute atomic E-state index is 5.96. The average molecular weight is 289 g/mol. The van der Waals surface area contributed by atoms with Crippen molar-refractivity contribution in [3.05, 3.63) is 0 Å². The van der Waals surface area contributed by atoms with E-state index in [2.05, 4.69) is 4.90 Å². The average Bonchev–Trinajstić information content (AvgIpc) is 3.01. The van der Waals surface area contributed by atoms with Crippen LogP contribution in [0.1, 0.15) is 38.5 Å². The summed E-state index contributed by atoms with van der Waals surface area (Å²) in [6.45, 7) is 3.29. The third-order valence-electron chi connectivity index (χ3n) is 5.75. The van der Waals surface area contributed by atoms with Crippen LogP contribution in [0.15, 0.2) is 0 Å². The van der Waals surface area contributed by atoms with Crippen LogP contribution in [0.5, 0.6) is 0 Å². The molecule has 0 radical (unpaired) electrons. The predicted octanol–water partition coefficient (Wildman–Crippen LogP) is 2.28. The topological polar surface area (TPSA) is 38.5 Å². The van der Waals surface area contributed by atoms with Gasteiger partial charge >= 0.3 is 0 Å².